The van der Waals surface area contributed by atoms with Crippen LogP contribution in [-0.2, 0) is 9.53 Å². The Morgan fingerprint density at radius 2 is 2.12 bits per heavy atom. The Morgan fingerprint density at radius 3 is 2.88 bits per heavy atom. The average Bonchev–Trinajstić information content (AvgIpc) is 2.74. The Balaban J connectivity index is 2.16. The van der Waals surface area contributed by atoms with E-state index in [4.69, 9.17) is 15.2 Å². The normalized spacial score (nSPS) is 17.8. The van der Waals surface area contributed by atoms with Gasteiger partial charge in [0, 0.05) is 11.3 Å². The Bertz CT molecular complexity index is 558. The van der Waals surface area contributed by atoms with E-state index in [1.807, 2.05) is 24.3 Å². The average molecular weight is 229 g/mol. The molecule has 17 heavy (non-hydrogen) atoms. The molecule has 0 radical (unpaired) electrons. The van der Waals surface area contributed by atoms with Crippen molar-refractivity contribution in [3.8, 4) is 5.75 Å². The summed E-state index contributed by atoms with van der Waals surface area (Å²) in [6, 6.07) is 5.59. The summed E-state index contributed by atoms with van der Waals surface area (Å²) in [5.41, 5.74) is 8.64. The highest BCUT2D eigenvalue weighted by Crippen LogP contribution is 2.33. The summed E-state index contributed by atoms with van der Waals surface area (Å²) in [6.45, 7) is 0.720. The van der Waals surface area contributed by atoms with E-state index in [-0.39, 0.29) is 5.97 Å². The maximum absolute atomic E-state index is 11.6. The van der Waals surface area contributed by atoms with Crippen LogP contribution in [0.1, 0.15) is 11.1 Å². The van der Waals surface area contributed by atoms with Crippen molar-refractivity contribution in [3.63, 3.8) is 0 Å². The van der Waals surface area contributed by atoms with Crippen LogP contribution in [-0.4, -0.2) is 19.2 Å². The maximum atomic E-state index is 11.6. The molecule has 2 heterocycles. The molecule has 0 aliphatic carbocycles. The van der Waals surface area contributed by atoms with E-state index < -0.39 is 0 Å². The molecule has 4 heteroatoms. The van der Waals surface area contributed by atoms with E-state index in [1.165, 1.54) is 0 Å². The van der Waals surface area contributed by atoms with E-state index in [1.54, 1.807) is 6.08 Å². The highest BCUT2D eigenvalue weighted by molar-refractivity contribution is 6.19. The number of carbonyl (C=O) groups excluding carboxylic acids is 1. The first-order valence-electron chi connectivity index (χ1n) is 5.35. The lowest BCUT2D eigenvalue weighted by Gasteiger charge is -2.18. The zero-order valence-electron chi connectivity index (χ0n) is 9.10. The summed E-state index contributed by atoms with van der Waals surface area (Å²) in [6.07, 6.45) is 3.62. The molecule has 0 aromatic heterocycles. The fraction of sp³-hybridized carbons (Fsp3) is 0.154. The van der Waals surface area contributed by atoms with Gasteiger partial charge in [-0.25, -0.2) is 4.79 Å². The van der Waals surface area contributed by atoms with Crippen LogP contribution >= 0.6 is 0 Å². The van der Waals surface area contributed by atoms with Gasteiger partial charge in [-0.05, 0) is 23.8 Å². The van der Waals surface area contributed by atoms with E-state index >= 15 is 0 Å². The molecule has 2 aliphatic rings. The molecule has 0 unspecified atom stereocenters. The fourth-order valence-corrected chi connectivity index (χ4v) is 2.02. The summed E-state index contributed by atoms with van der Waals surface area (Å²) in [7, 11) is 0. The van der Waals surface area contributed by atoms with Crippen LogP contribution in [0.4, 0.5) is 0 Å². The quantitative estimate of drug-likeness (QED) is 0.738. The third kappa shape index (κ3) is 1.58. The highest BCUT2D eigenvalue weighted by atomic mass is 16.5. The summed E-state index contributed by atoms with van der Waals surface area (Å²) >= 11 is 0. The predicted octanol–water partition coefficient (Wildman–Crippen LogP) is 1.32. The molecule has 2 aliphatic heterocycles. The van der Waals surface area contributed by atoms with Crippen molar-refractivity contribution in [1.82, 2.24) is 0 Å². The number of hydrogen-bond acceptors (Lipinski definition) is 4. The van der Waals surface area contributed by atoms with Crippen LogP contribution in [0.5, 0.6) is 5.75 Å². The lowest BCUT2D eigenvalue weighted by Crippen LogP contribution is -2.14. The number of rotatable bonds is 1. The Hall–Kier alpha value is -2.23. The molecule has 0 fully saturated rings. The number of cyclic esters (lactones) is 1. The summed E-state index contributed by atoms with van der Waals surface area (Å²) < 4.78 is 10.4. The van der Waals surface area contributed by atoms with E-state index in [0.29, 0.717) is 24.5 Å². The SMILES string of the molecule is NC1=Cc2c(cccc2C2=CCOC2=O)OC1. The van der Waals surface area contributed by atoms with Crippen LogP contribution in [0.3, 0.4) is 0 Å². The Kier molecular flexibility index (Phi) is 2.14. The zero-order valence-corrected chi connectivity index (χ0v) is 9.10. The van der Waals surface area contributed by atoms with Gasteiger partial charge in [-0.1, -0.05) is 12.1 Å². The lowest BCUT2D eigenvalue weighted by molar-refractivity contribution is -0.133. The number of nitrogens with two attached hydrogens (primary N) is 1. The molecule has 3 rings (SSSR count). The Labute approximate surface area is 98.3 Å². The minimum absolute atomic E-state index is 0.295. The van der Waals surface area contributed by atoms with Gasteiger partial charge in [0.2, 0.25) is 0 Å². The van der Waals surface area contributed by atoms with Crippen molar-refractivity contribution >= 4 is 17.6 Å². The van der Waals surface area contributed by atoms with E-state index in [9.17, 15) is 4.79 Å². The number of benzene rings is 1. The molecule has 0 bridgehead atoms. The smallest absolute Gasteiger partial charge is 0.338 e. The van der Waals surface area contributed by atoms with Gasteiger partial charge in [0.05, 0.1) is 5.57 Å². The largest absolute Gasteiger partial charge is 0.487 e. The maximum Gasteiger partial charge on any atom is 0.338 e. The molecule has 0 amide bonds. The second-order valence-corrected chi connectivity index (χ2v) is 3.94. The number of hydrogen-bond donors (Lipinski definition) is 1. The molecule has 0 atom stereocenters. The lowest BCUT2D eigenvalue weighted by atomic mass is 9.97. The van der Waals surface area contributed by atoms with Gasteiger partial charge in [-0.15, -0.1) is 0 Å². The van der Waals surface area contributed by atoms with E-state index in [0.717, 1.165) is 16.9 Å². The van der Waals surface area contributed by atoms with Crippen molar-refractivity contribution in [1.29, 1.82) is 0 Å². The Morgan fingerprint density at radius 1 is 1.24 bits per heavy atom. The molecule has 0 saturated heterocycles. The van der Waals surface area contributed by atoms with E-state index in [2.05, 4.69) is 0 Å². The van der Waals surface area contributed by atoms with Crippen molar-refractivity contribution in [2.24, 2.45) is 5.73 Å². The number of carbonyl (C=O) groups is 1. The van der Waals surface area contributed by atoms with Gasteiger partial charge in [-0.3, -0.25) is 0 Å². The molecule has 1 aromatic rings. The summed E-state index contributed by atoms with van der Waals surface area (Å²) in [4.78, 5) is 11.6. The summed E-state index contributed by atoms with van der Waals surface area (Å²) in [5, 5.41) is 0. The monoisotopic (exact) mass is 229 g/mol. The second-order valence-electron chi connectivity index (χ2n) is 3.94. The van der Waals surface area contributed by atoms with Crippen LogP contribution in [0.15, 0.2) is 30.0 Å². The number of esters is 1. The zero-order chi connectivity index (χ0) is 11.8. The first-order chi connectivity index (χ1) is 8.25. The molecule has 0 saturated carbocycles. The van der Waals surface area contributed by atoms with Crippen LogP contribution < -0.4 is 10.5 Å². The predicted molar refractivity (Wildman–Crippen MR) is 63.0 cm³/mol. The van der Waals surface area contributed by atoms with Gasteiger partial charge in [0.25, 0.3) is 0 Å². The highest BCUT2D eigenvalue weighted by Gasteiger charge is 2.23. The molecule has 4 nitrogen and oxygen atoms in total. The standard InChI is InChI=1S/C13H11NO3/c14-8-6-11-9(10-4-5-16-13(10)15)2-1-3-12(11)17-7-8/h1-4,6H,5,7,14H2. The third-order valence-corrected chi connectivity index (χ3v) is 2.80. The number of ether oxygens (including phenoxy) is 2. The van der Waals surface area contributed by atoms with Crippen LogP contribution in [0.25, 0.3) is 11.6 Å². The molecular formula is C13H11NO3. The molecule has 2 N–H and O–H groups in total. The van der Waals surface area contributed by atoms with Crippen LogP contribution in [0, 0.1) is 0 Å². The minimum atomic E-state index is -0.295. The van der Waals surface area contributed by atoms with Crippen molar-refractivity contribution in [2.45, 2.75) is 0 Å². The molecule has 86 valence electrons. The molecule has 1 aromatic carbocycles. The number of fused-ring (bicyclic) bond motifs is 1. The van der Waals surface area contributed by atoms with Gasteiger partial charge < -0.3 is 15.2 Å². The van der Waals surface area contributed by atoms with Crippen molar-refractivity contribution in [2.75, 3.05) is 13.2 Å². The van der Waals surface area contributed by atoms with Gasteiger partial charge in [0.15, 0.2) is 0 Å². The van der Waals surface area contributed by atoms with Gasteiger partial charge in [-0.2, -0.15) is 0 Å². The molecule has 0 spiro atoms. The summed E-state index contributed by atoms with van der Waals surface area (Å²) in [5.74, 6) is 0.452. The second kappa shape index (κ2) is 3.66. The first kappa shape index (κ1) is 9.96. The first-order valence-corrected chi connectivity index (χ1v) is 5.35. The van der Waals surface area contributed by atoms with Gasteiger partial charge >= 0.3 is 5.97 Å². The van der Waals surface area contributed by atoms with Crippen LogP contribution in [0.2, 0.25) is 0 Å². The molecular weight excluding hydrogens is 218 g/mol. The van der Waals surface area contributed by atoms with Crippen molar-refractivity contribution < 1.29 is 14.3 Å². The minimum Gasteiger partial charge on any atom is -0.487 e. The fourth-order valence-electron chi connectivity index (χ4n) is 2.02. The van der Waals surface area contributed by atoms with Gasteiger partial charge in [0.1, 0.15) is 19.0 Å². The third-order valence-electron chi connectivity index (χ3n) is 2.80. The van der Waals surface area contributed by atoms with Crippen molar-refractivity contribution in [3.05, 3.63) is 41.1 Å². The topological polar surface area (TPSA) is 61.5 Å².